The van der Waals surface area contributed by atoms with Gasteiger partial charge in [0.25, 0.3) is 11.8 Å². The van der Waals surface area contributed by atoms with Crippen LogP contribution in [0.4, 0.5) is 0 Å². The zero-order chi connectivity index (χ0) is 26.0. The third kappa shape index (κ3) is 6.71. The van der Waals surface area contributed by atoms with Gasteiger partial charge in [-0.05, 0) is 60.9 Å². The highest BCUT2D eigenvalue weighted by molar-refractivity contribution is 6.12. The van der Waals surface area contributed by atoms with Crippen molar-refractivity contribution in [1.82, 2.24) is 4.90 Å². The Kier molecular flexibility index (Phi) is 8.45. The summed E-state index contributed by atoms with van der Waals surface area (Å²) >= 11 is 0. The molecule has 2 amide bonds. The minimum atomic E-state index is -0.474. The van der Waals surface area contributed by atoms with Crippen molar-refractivity contribution in [2.24, 2.45) is 0 Å². The number of carbonyl (C=O) groups is 3. The first-order valence-electron chi connectivity index (χ1n) is 12.1. The summed E-state index contributed by atoms with van der Waals surface area (Å²) in [6.45, 7) is 0.978. The van der Waals surface area contributed by atoms with E-state index in [1.807, 2.05) is 24.3 Å². The number of nitrogens with zero attached hydrogens (tertiary/aromatic N) is 2. The zero-order valence-electron chi connectivity index (χ0n) is 20.3. The van der Waals surface area contributed by atoms with Crippen LogP contribution in [0.15, 0.2) is 84.9 Å². The standard InChI is InChI=1S/C30H26N2O5/c31-21-22-9-11-23(12-10-22)26-7-3-4-8-27(26)37-30(35)24-13-15-25(16-14-24)36-20-6-2-1-5-19-32-28(33)17-18-29(32)34/h3-4,7-18H,1-2,5-6,19-20H2. The number of carbonyl (C=O) groups excluding carboxylic acids is 3. The van der Waals surface area contributed by atoms with Gasteiger partial charge in [-0.2, -0.15) is 5.26 Å². The number of esters is 1. The molecule has 0 unspecified atom stereocenters. The van der Waals surface area contributed by atoms with Crippen molar-refractivity contribution < 1.29 is 23.9 Å². The molecule has 37 heavy (non-hydrogen) atoms. The third-order valence-corrected chi connectivity index (χ3v) is 5.95. The van der Waals surface area contributed by atoms with Crippen molar-refractivity contribution in [3.05, 3.63) is 96.1 Å². The van der Waals surface area contributed by atoms with E-state index in [9.17, 15) is 14.4 Å². The van der Waals surface area contributed by atoms with Crippen molar-refractivity contribution in [2.45, 2.75) is 25.7 Å². The van der Waals surface area contributed by atoms with Crippen LogP contribution >= 0.6 is 0 Å². The number of unbranched alkanes of at least 4 members (excludes halogenated alkanes) is 3. The van der Waals surface area contributed by atoms with Gasteiger partial charge < -0.3 is 9.47 Å². The Bertz CT molecular complexity index is 1320. The van der Waals surface area contributed by atoms with Crippen LogP contribution < -0.4 is 9.47 Å². The summed E-state index contributed by atoms with van der Waals surface area (Å²) in [6, 6.07) is 23.3. The highest BCUT2D eigenvalue weighted by Crippen LogP contribution is 2.30. The lowest BCUT2D eigenvalue weighted by molar-refractivity contribution is -0.136. The monoisotopic (exact) mass is 494 g/mol. The molecule has 0 bridgehead atoms. The van der Waals surface area contributed by atoms with Gasteiger partial charge in [0.2, 0.25) is 0 Å². The molecule has 1 heterocycles. The average Bonchev–Trinajstić information content (AvgIpc) is 3.25. The van der Waals surface area contributed by atoms with Gasteiger partial charge in [0.1, 0.15) is 11.5 Å². The fourth-order valence-corrected chi connectivity index (χ4v) is 3.93. The molecule has 0 aliphatic carbocycles. The van der Waals surface area contributed by atoms with Crippen LogP contribution in [0.3, 0.4) is 0 Å². The first-order chi connectivity index (χ1) is 18.0. The molecule has 0 saturated carbocycles. The molecule has 7 nitrogen and oxygen atoms in total. The summed E-state index contributed by atoms with van der Waals surface area (Å²) in [7, 11) is 0. The highest BCUT2D eigenvalue weighted by Gasteiger charge is 2.22. The second-order valence-electron chi connectivity index (χ2n) is 8.52. The fourth-order valence-electron chi connectivity index (χ4n) is 3.93. The average molecular weight is 495 g/mol. The van der Waals surface area contributed by atoms with E-state index in [1.54, 1.807) is 48.5 Å². The molecule has 7 heteroatoms. The maximum atomic E-state index is 12.8. The minimum Gasteiger partial charge on any atom is -0.494 e. The Hall–Kier alpha value is -4.70. The molecule has 3 aromatic rings. The second-order valence-corrected chi connectivity index (χ2v) is 8.52. The van der Waals surface area contributed by atoms with Crippen molar-refractivity contribution >= 4 is 17.8 Å². The number of hydrogen-bond donors (Lipinski definition) is 0. The van der Waals surface area contributed by atoms with Gasteiger partial charge in [0.05, 0.1) is 23.8 Å². The van der Waals surface area contributed by atoms with Gasteiger partial charge in [-0.3, -0.25) is 14.5 Å². The maximum Gasteiger partial charge on any atom is 0.343 e. The predicted molar refractivity (Wildman–Crippen MR) is 138 cm³/mol. The molecule has 0 saturated heterocycles. The van der Waals surface area contributed by atoms with E-state index in [-0.39, 0.29) is 11.8 Å². The van der Waals surface area contributed by atoms with E-state index in [0.29, 0.717) is 35.8 Å². The van der Waals surface area contributed by atoms with E-state index >= 15 is 0 Å². The maximum absolute atomic E-state index is 12.8. The van der Waals surface area contributed by atoms with Gasteiger partial charge >= 0.3 is 5.97 Å². The van der Waals surface area contributed by atoms with E-state index in [4.69, 9.17) is 14.7 Å². The van der Waals surface area contributed by atoms with Gasteiger partial charge in [-0.1, -0.05) is 43.2 Å². The molecule has 0 radical (unpaired) electrons. The molecule has 4 rings (SSSR count). The Labute approximate surface area is 215 Å². The molecule has 0 spiro atoms. The molecule has 1 aliphatic heterocycles. The van der Waals surface area contributed by atoms with Crippen LogP contribution in [0, 0.1) is 11.3 Å². The van der Waals surface area contributed by atoms with Gasteiger partial charge in [-0.25, -0.2) is 4.79 Å². The molecule has 186 valence electrons. The van der Waals surface area contributed by atoms with Crippen LogP contribution in [-0.2, 0) is 9.59 Å². The highest BCUT2D eigenvalue weighted by atomic mass is 16.5. The quantitative estimate of drug-likeness (QED) is 0.155. The van der Waals surface area contributed by atoms with Crippen LogP contribution in [0.25, 0.3) is 11.1 Å². The molecule has 0 N–H and O–H groups in total. The van der Waals surface area contributed by atoms with E-state index < -0.39 is 5.97 Å². The fraction of sp³-hybridized carbons (Fsp3) is 0.200. The van der Waals surface area contributed by atoms with Crippen LogP contribution in [-0.4, -0.2) is 35.8 Å². The third-order valence-electron chi connectivity index (χ3n) is 5.95. The minimum absolute atomic E-state index is 0.240. The second kappa shape index (κ2) is 12.3. The number of para-hydroxylation sites is 1. The molecule has 0 aromatic heterocycles. The number of ether oxygens (including phenoxy) is 2. The number of benzene rings is 3. The number of hydrogen-bond acceptors (Lipinski definition) is 6. The first-order valence-corrected chi connectivity index (χ1v) is 12.1. The Morgan fingerprint density at radius 1 is 0.811 bits per heavy atom. The van der Waals surface area contributed by atoms with Crippen LogP contribution in [0.5, 0.6) is 11.5 Å². The topological polar surface area (TPSA) is 96.7 Å². The Morgan fingerprint density at radius 2 is 1.49 bits per heavy atom. The number of nitriles is 1. The van der Waals surface area contributed by atoms with Gasteiger partial charge in [0, 0.05) is 24.3 Å². The normalized spacial score (nSPS) is 12.5. The summed E-state index contributed by atoms with van der Waals surface area (Å²) in [5, 5.41) is 9.01. The SMILES string of the molecule is N#Cc1ccc(-c2ccccc2OC(=O)c2ccc(OCCCCCCN3C(=O)C=CC3=O)cc2)cc1. The molecule has 0 fully saturated rings. The smallest absolute Gasteiger partial charge is 0.343 e. The first kappa shape index (κ1) is 25.4. The molecule has 1 aliphatic rings. The van der Waals surface area contributed by atoms with E-state index in [0.717, 1.165) is 36.8 Å². The molecular formula is C30H26N2O5. The summed E-state index contributed by atoms with van der Waals surface area (Å²) in [6.07, 6.45) is 6.04. The van der Waals surface area contributed by atoms with Crippen molar-refractivity contribution in [3.63, 3.8) is 0 Å². The number of amides is 2. The largest absolute Gasteiger partial charge is 0.494 e. The predicted octanol–water partition coefficient (Wildman–Crippen LogP) is 5.31. The number of rotatable bonds is 11. The van der Waals surface area contributed by atoms with Crippen molar-refractivity contribution in [3.8, 4) is 28.7 Å². The number of imide groups is 1. The Morgan fingerprint density at radius 3 is 2.19 bits per heavy atom. The molecular weight excluding hydrogens is 468 g/mol. The lowest BCUT2D eigenvalue weighted by Gasteiger charge is -2.13. The van der Waals surface area contributed by atoms with Crippen molar-refractivity contribution in [1.29, 1.82) is 5.26 Å². The van der Waals surface area contributed by atoms with Crippen molar-refractivity contribution in [2.75, 3.05) is 13.2 Å². The molecule has 3 aromatic carbocycles. The lowest BCUT2D eigenvalue weighted by atomic mass is 10.0. The summed E-state index contributed by atoms with van der Waals surface area (Å²) < 4.78 is 11.4. The van der Waals surface area contributed by atoms with Gasteiger partial charge in [-0.15, -0.1) is 0 Å². The lowest BCUT2D eigenvalue weighted by Crippen LogP contribution is -2.30. The van der Waals surface area contributed by atoms with Gasteiger partial charge in [0.15, 0.2) is 0 Å². The van der Waals surface area contributed by atoms with Crippen LogP contribution in [0.1, 0.15) is 41.6 Å². The Balaban J connectivity index is 1.22. The summed E-state index contributed by atoms with van der Waals surface area (Å²) in [5.74, 6) is 0.145. The molecule has 0 atom stereocenters. The van der Waals surface area contributed by atoms with E-state index in [1.165, 1.54) is 17.1 Å². The zero-order valence-corrected chi connectivity index (χ0v) is 20.3. The summed E-state index contributed by atoms with van der Waals surface area (Å²) in [5.41, 5.74) is 2.57. The van der Waals surface area contributed by atoms with Crippen LogP contribution in [0.2, 0.25) is 0 Å². The summed E-state index contributed by atoms with van der Waals surface area (Å²) in [4.78, 5) is 37.0. The van der Waals surface area contributed by atoms with E-state index in [2.05, 4.69) is 6.07 Å².